The third-order valence-corrected chi connectivity index (χ3v) is 5.29. The normalized spacial score (nSPS) is 21.8. The van der Waals surface area contributed by atoms with Gasteiger partial charge in [0.15, 0.2) is 5.96 Å². The molecule has 1 aromatic rings. The number of ether oxygens (including phenoxy) is 1. The Hall–Kier alpha value is -1.89. The second-order valence-corrected chi connectivity index (χ2v) is 7.28. The van der Waals surface area contributed by atoms with Crippen molar-refractivity contribution in [1.82, 2.24) is 15.5 Å². The van der Waals surface area contributed by atoms with Crippen molar-refractivity contribution in [2.45, 2.75) is 64.3 Å². The smallest absolute Gasteiger partial charge is 0.387 e. The van der Waals surface area contributed by atoms with Gasteiger partial charge in [-0.3, -0.25) is 4.90 Å². The summed E-state index contributed by atoms with van der Waals surface area (Å²) < 4.78 is 29.2. The highest BCUT2D eigenvalue weighted by Gasteiger charge is 2.30. The minimum Gasteiger partial charge on any atom is -0.435 e. The number of rotatable bonds is 7. The molecule has 1 atom stereocenters. The number of aliphatic imine (C=N–C) groups is 1. The van der Waals surface area contributed by atoms with Crippen molar-refractivity contribution in [3.63, 3.8) is 0 Å². The van der Waals surface area contributed by atoms with Gasteiger partial charge in [0, 0.05) is 31.7 Å². The van der Waals surface area contributed by atoms with Gasteiger partial charge in [0.2, 0.25) is 0 Å². The first kappa shape index (κ1) is 19.9. The Balaban J connectivity index is 1.55. The molecule has 0 bridgehead atoms. The number of halogens is 2. The van der Waals surface area contributed by atoms with Crippen LogP contribution >= 0.6 is 0 Å². The van der Waals surface area contributed by atoms with Crippen LogP contribution in [0, 0.1) is 0 Å². The maximum absolute atomic E-state index is 12.4. The number of benzene rings is 1. The zero-order chi connectivity index (χ0) is 19.1. The molecule has 1 saturated heterocycles. The van der Waals surface area contributed by atoms with E-state index in [0.29, 0.717) is 12.6 Å². The van der Waals surface area contributed by atoms with Crippen LogP contribution in [0.3, 0.4) is 0 Å². The standard InChI is InChI=1S/C20H30F2N4O/c1-2-23-20(24-13-15-6-5-9-18(12-15)27-19(21)22)25-16-10-11-26(14-16)17-7-3-4-8-17/h5-6,9,12,16-17,19H,2-4,7-8,10-11,13-14H2,1H3,(H2,23,24,25). The van der Waals surface area contributed by atoms with E-state index in [-0.39, 0.29) is 5.75 Å². The molecule has 27 heavy (non-hydrogen) atoms. The van der Waals surface area contributed by atoms with Crippen LogP contribution in [-0.2, 0) is 6.54 Å². The molecule has 0 aromatic heterocycles. The van der Waals surface area contributed by atoms with Crippen molar-refractivity contribution >= 4 is 5.96 Å². The van der Waals surface area contributed by atoms with Gasteiger partial charge in [-0.15, -0.1) is 0 Å². The van der Waals surface area contributed by atoms with Crippen LogP contribution in [0.1, 0.15) is 44.6 Å². The Morgan fingerprint density at radius 3 is 2.85 bits per heavy atom. The van der Waals surface area contributed by atoms with Crippen molar-refractivity contribution in [1.29, 1.82) is 0 Å². The topological polar surface area (TPSA) is 48.9 Å². The second-order valence-electron chi connectivity index (χ2n) is 7.28. The first-order valence-electron chi connectivity index (χ1n) is 9.96. The molecule has 150 valence electrons. The lowest BCUT2D eigenvalue weighted by atomic mass is 10.2. The third-order valence-electron chi connectivity index (χ3n) is 5.29. The van der Waals surface area contributed by atoms with Crippen LogP contribution in [0.4, 0.5) is 8.78 Å². The summed E-state index contributed by atoms with van der Waals surface area (Å²) in [6.07, 6.45) is 6.50. The molecule has 0 spiro atoms. The van der Waals surface area contributed by atoms with Crippen LogP contribution in [0.2, 0.25) is 0 Å². The number of alkyl halides is 2. The lowest BCUT2D eigenvalue weighted by Crippen LogP contribution is -2.45. The summed E-state index contributed by atoms with van der Waals surface area (Å²) in [6.45, 7) is 2.62. The summed E-state index contributed by atoms with van der Waals surface area (Å²) in [5.41, 5.74) is 0.837. The Labute approximate surface area is 160 Å². The number of nitrogens with zero attached hydrogens (tertiary/aromatic N) is 2. The van der Waals surface area contributed by atoms with Gasteiger partial charge in [-0.05, 0) is 43.9 Å². The summed E-state index contributed by atoms with van der Waals surface area (Å²) in [5.74, 6) is 0.939. The summed E-state index contributed by atoms with van der Waals surface area (Å²) in [7, 11) is 0. The maximum atomic E-state index is 12.4. The predicted molar refractivity (Wildman–Crippen MR) is 103 cm³/mol. The van der Waals surface area contributed by atoms with Crippen molar-refractivity contribution in [2.75, 3.05) is 19.6 Å². The average molecular weight is 380 g/mol. The van der Waals surface area contributed by atoms with Crippen molar-refractivity contribution in [2.24, 2.45) is 4.99 Å². The Bertz CT molecular complexity index is 620. The Morgan fingerprint density at radius 2 is 2.11 bits per heavy atom. The van der Waals surface area contributed by atoms with Crippen molar-refractivity contribution in [3.8, 4) is 5.75 Å². The van der Waals surface area contributed by atoms with E-state index in [2.05, 4.69) is 25.3 Å². The summed E-state index contributed by atoms with van der Waals surface area (Å²) >= 11 is 0. The van der Waals surface area contributed by atoms with Gasteiger partial charge >= 0.3 is 6.61 Å². The molecule has 2 N–H and O–H groups in total. The fraction of sp³-hybridized carbons (Fsp3) is 0.650. The second kappa shape index (κ2) is 9.88. The molecule has 2 aliphatic rings. The molecule has 0 radical (unpaired) electrons. The van der Waals surface area contributed by atoms with E-state index in [1.807, 2.05) is 13.0 Å². The summed E-state index contributed by atoms with van der Waals surface area (Å²) in [5, 5.41) is 6.81. The van der Waals surface area contributed by atoms with E-state index in [0.717, 1.165) is 43.6 Å². The van der Waals surface area contributed by atoms with Crippen molar-refractivity contribution < 1.29 is 13.5 Å². The highest BCUT2D eigenvalue weighted by Crippen LogP contribution is 2.26. The van der Waals surface area contributed by atoms with Crippen LogP contribution in [0.5, 0.6) is 5.75 Å². The molecule has 5 nitrogen and oxygen atoms in total. The number of hydrogen-bond donors (Lipinski definition) is 2. The molecule has 1 aromatic carbocycles. The van der Waals surface area contributed by atoms with E-state index < -0.39 is 6.61 Å². The molecule has 1 unspecified atom stereocenters. The predicted octanol–water partition coefficient (Wildman–Crippen LogP) is 3.36. The monoisotopic (exact) mass is 380 g/mol. The van der Waals surface area contributed by atoms with Crippen LogP contribution < -0.4 is 15.4 Å². The van der Waals surface area contributed by atoms with Gasteiger partial charge in [-0.1, -0.05) is 25.0 Å². The fourth-order valence-electron chi connectivity index (χ4n) is 4.01. The highest BCUT2D eigenvalue weighted by atomic mass is 19.3. The third kappa shape index (κ3) is 6.06. The quantitative estimate of drug-likeness (QED) is 0.563. The molecule has 7 heteroatoms. The van der Waals surface area contributed by atoms with Gasteiger partial charge in [-0.2, -0.15) is 8.78 Å². The average Bonchev–Trinajstić information content (AvgIpc) is 3.31. The highest BCUT2D eigenvalue weighted by molar-refractivity contribution is 5.80. The van der Waals surface area contributed by atoms with E-state index in [1.165, 1.54) is 31.7 Å². The van der Waals surface area contributed by atoms with E-state index in [1.54, 1.807) is 12.1 Å². The molecule has 1 aliphatic carbocycles. The molecular formula is C20H30F2N4O. The zero-order valence-corrected chi connectivity index (χ0v) is 16.0. The molecule has 3 rings (SSSR count). The molecule has 1 saturated carbocycles. The number of nitrogens with one attached hydrogen (secondary N) is 2. The fourth-order valence-corrected chi connectivity index (χ4v) is 4.01. The van der Waals surface area contributed by atoms with Crippen molar-refractivity contribution in [3.05, 3.63) is 29.8 Å². The molecular weight excluding hydrogens is 350 g/mol. The van der Waals surface area contributed by atoms with Gasteiger partial charge in [0.25, 0.3) is 0 Å². The van der Waals surface area contributed by atoms with E-state index in [4.69, 9.17) is 0 Å². The van der Waals surface area contributed by atoms with E-state index >= 15 is 0 Å². The van der Waals surface area contributed by atoms with E-state index in [9.17, 15) is 8.78 Å². The largest absolute Gasteiger partial charge is 0.435 e. The minimum absolute atomic E-state index is 0.165. The summed E-state index contributed by atoms with van der Waals surface area (Å²) in [6, 6.07) is 7.86. The lowest BCUT2D eigenvalue weighted by Gasteiger charge is -2.24. The Morgan fingerprint density at radius 1 is 1.30 bits per heavy atom. The van der Waals surface area contributed by atoms with Gasteiger partial charge in [0.05, 0.1) is 6.54 Å². The first-order chi connectivity index (χ1) is 13.1. The number of likely N-dealkylation sites (tertiary alicyclic amines) is 1. The lowest BCUT2D eigenvalue weighted by molar-refractivity contribution is -0.0498. The molecule has 2 fully saturated rings. The number of hydrogen-bond acceptors (Lipinski definition) is 3. The zero-order valence-electron chi connectivity index (χ0n) is 16.0. The molecule has 1 heterocycles. The molecule has 1 aliphatic heterocycles. The van der Waals surface area contributed by atoms with Gasteiger partial charge in [0.1, 0.15) is 5.75 Å². The van der Waals surface area contributed by atoms with Gasteiger partial charge < -0.3 is 15.4 Å². The first-order valence-corrected chi connectivity index (χ1v) is 9.96. The van der Waals surface area contributed by atoms with Gasteiger partial charge in [-0.25, -0.2) is 4.99 Å². The van der Waals surface area contributed by atoms with Crippen LogP contribution in [-0.4, -0.2) is 49.2 Å². The van der Waals surface area contributed by atoms with Crippen LogP contribution in [0.25, 0.3) is 0 Å². The van der Waals surface area contributed by atoms with Crippen LogP contribution in [0.15, 0.2) is 29.3 Å². The minimum atomic E-state index is -2.81. The SMILES string of the molecule is CCNC(=NCc1cccc(OC(F)F)c1)NC1CCN(C2CCCC2)C1. The Kier molecular flexibility index (Phi) is 7.26. The number of guanidine groups is 1. The molecule has 0 amide bonds. The summed E-state index contributed by atoms with van der Waals surface area (Å²) in [4.78, 5) is 7.23. The maximum Gasteiger partial charge on any atom is 0.387 e.